The Morgan fingerprint density at radius 3 is 0.764 bits per heavy atom. The van der Waals surface area contributed by atoms with Gasteiger partial charge in [0.1, 0.15) is 0 Å². The minimum atomic E-state index is 0.736. The van der Waals surface area contributed by atoms with Gasteiger partial charge in [0.05, 0.1) is 22.1 Å². The molecule has 22 rings (SSSR count). The Morgan fingerprint density at radius 1 is 0.171 bits per heavy atom. The van der Waals surface area contributed by atoms with E-state index in [2.05, 4.69) is 467 Å². The molecule has 123 heavy (non-hydrogen) atoms. The van der Waals surface area contributed by atoms with Crippen LogP contribution in [-0.2, 0) is 0 Å². The number of hydrogen-bond donors (Lipinski definition) is 1. The average molecular weight is 1620 g/mol. The van der Waals surface area contributed by atoms with E-state index in [0.29, 0.717) is 0 Å². The molecule has 0 saturated heterocycles. The Morgan fingerprint density at radius 2 is 0.415 bits per heavy atom. The zero-order valence-corrected chi connectivity index (χ0v) is 68.7. The highest BCUT2D eigenvalue weighted by Crippen LogP contribution is 2.45. The quantitative estimate of drug-likeness (QED) is 0.105. The summed E-state index contributed by atoms with van der Waals surface area (Å²) in [5.74, 6) is 0. The van der Waals surface area contributed by atoms with E-state index in [4.69, 9.17) is 23.2 Å². The summed E-state index contributed by atoms with van der Waals surface area (Å²) < 4.78 is 4.70. The van der Waals surface area contributed by atoms with E-state index in [-0.39, 0.29) is 0 Å². The lowest BCUT2D eigenvalue weighted by Crippen LogP contribution is -2.10. The Hall–Kier alpha value is -15.5. The number of halogens is 2. The van der Waals surface area contributed by atoms with Gasteiger partial charge in [-0.15, -0.1) is 0 Å². The highest BCUT2D eigenvalue weighted by molar-refractivity contribution is 6.32. The van der Waals surface area contributed by atoms with Crippen LogP contribution in [0.4, 0.5) is 45.5 Å². The Labute approximate surface area is 726 Å². The summed E-state index contributed by atoms with van der Waals surface area (Å²) >= 11 is 12.5. The van der Waals surface area contributed by atoms with Gasteiger partial charge in [0, 0.05) is 88.5 Å². The number of hydrogen-bond acceptors (Lipinski definition) is 3. The molecule has 2 heterocycles. The Kier molecular flexibility index (Phi) is 21.3. The summed E-state index contributed by atoms with van der Waals surface area (Å²) in [5.41, 5.74) is 29.9. The van der Waals surface area contributed by atoms with Gasteiger partial charge < -0.3 is 24.3 Å². The molecule has 0 amide bonds. The van der Waals surface area contributed by atoms with Gasteiger partial charge in [-0.05, 0) is 258 Å². The molecule has 0 aliphatic carbocycles. The number of nitrogens with one attached hydrogen (secondary N) is 1. The van der Waals surface area contributed by atoms with Gasteiger partial charge in [0.25, 0.3) is 0 Å². The van der Waals surface area contributed by atoms with Crippen molar-refractivity contribution in [3.8, 4) is 78.1 Å². The fourth-order valence-electron chi connectivity index (χ4n) is 17.0. The summed E-state index contributed by atoms with van der Waals surface area (Å²) in [5, 5.41) is 14.4. The summed E-state index contributed by atoms with van der Waals surface area (Å²) in [6.07, 6.45) is 0. The van der Waals surface area contributed by atoms with Gasteiger partial charge >= 0.3 is 0 Å². The molecule has 584 valence electrons. The second-order valence-corrected chi connectivity index (χ2v) is 31.7. The van der Waals surface area contributed by atoms with E-state index in [1.54, 1.807) is 0 Å². The molecule has 0 bridgehead atoms. The maximum absolute atomic E-state index is 6.30. The first-order valence-electron chi connectivity index (χ1n) is 41.5. The van der Waals surface area contributed by atoms with Crippen molar-refractivity contribution in [1.82, 2.24) is 9.13 Å². The molecule has 1 N–H and O–H groups in total. The smallest absolute Gasteiger partial charge is 0.0561 e. The zero-order valence-electron chi connectivity index (χ0n) is 67.2. The van der Waals surface area contributed by atoms with Crippen molar-refractivity contribution in [2.75, 3.05) is 15.1 Å². The molecule has 7 heteroatoms. The van der Waals surface area contributed by atoms with E-state index < -0.39 is 0 Å². The molecule has 0 aliphatic rings. The number of aromatic nitrogens is 2. The van der Waals surface area contributed by atoms with Crippen molar-refractivity contribution >= 4 is 134 Å². The Balaban J connectivity index is 0.000000154. The average Bonchev–Trinajstić information content (AvgIpc) is 1.62. The number of rotatable bonds is 16. The largest absolute Gasteiger partial charge is 0.356 e. The van der Waals surface area contributed by atoms with Gasteiger partial charge in [-0.3, -0.25) is 0 Å². The summed E-state index contributed by atoms with van der Waals surface area (Å²) in [6, 6.07) is 172. The van der Waals surface area contributed by atoms with Crippen LogP contribution < -0.4 is 15.1 Å². The third-order valence-electron chi connectivity index (χ3n) is 23.1. The van der Waals surface area contributed by atoms with E-state index >= 15 is 0 Å². The number of fused-ring (bicyclic) bond motifs is 8. The minimum absolute atomic E-state index is 0.736. The van der Waals surface area contributed by atoms with Gasteiger partial charge in [0.15, 0.2) is 0 Å². The first-order chi connectivity index (χ1) is 60.8. The van der Waals surface area contributed by atoms with Crippen LogP contribution in [0.5, 0.6) is 0 Å². The predicted molar refractivity (Wildman–Crippen MR) is 525 cm³/mol. The SMILES string of the molecule is Clc1ccc2cc3c4ccc(Cl)cc4n(-c4ccccc4)c3cc2c1.c1ccc(-c2ccc(N(c3ccc(-c4ccccc4)cc3)c3ccc4cc5c6ccc(N(c7ccc(-c8ccccc8)cc7)c7ccc(-c8ccccc8)cc7)cc6n(-c6ccccc6)c5cc4c3)cc2)cc1.c1ccc(-c2ccc(Nc3ccc(-c4ccccc4)cc3)cc2)cc1. The second-order valence-electron chi connectivity index (χ2n) is 30.8. The molecule has 20 aromatic carbocycles. The van der Waals surface area contributed by atoms with E-state index in [1.807, 2.05) is 42.5 Å². The summed E-state index contributed by atoms with van der Waals surface area (Å²) in [6.45, 7) is 0. The van der Waals surface area contributed by atoms with E-state index in [0.717, 1.165) is 99.8 Å². The molecule has 0 aliphatic heterocycles. The lowest BCUT2D eigenvalue weighted by Gasteiger charge is -2.26. The molecule has 22 aromatic rings. The zero-order chi connectivity index (χ0) is 82.4. The van der Waals surface area contributed by atoms with Crippen molar-refractivity contribution in [2.24, 2.45) is 0 Å². The van der Waals surface area contributed by atoms with Gasteiger partial charge in [-0.2, -0.15) is 0 Å². The monoisotopic (exact) mass is 1610 g/mol. The third-order valence-corrected chi connectivity index (χ3v) is 23.6. The topological polar surface area (TPSA) is 28.4 Å². The highest BCUT2D eigenvalue weighted by Gasteiger charge is 2.22. The summed E-state index contributed by atoms with van der Waals surface area (Å²) in [4.78, 5) is 4.76. The first-order valence-corrected chi connectivity index (χ1v) is 42.3. The number of para-hydroxylation sites is 2. The number of benzene rings is 20. The third kappa shape index (κ3) is 16.1. The van der Waals surface area contributed by atoms with Crippen molar-refractivity contribution in [3.05, 3.63) is 495 Å². The van der Waals surface area contributed by atoms with Crippen LogP contribution in [0.2, 0.25) is 10.0 Å². The number of anilines is 8. The lowest BCUT2D eigenvalue weighted by atomic mass is 10.0. The van der Waals surface area contributed by atoms with E-state index in [9.17, 15) is 0 Å². The fraction of sp³-hybridized carbons (Fsp3) is 0. The predicted octanol–water partition coefficient (Wildman–Crippen LogP) is 33.6. The van der Waals surface area contributed by atoms with Crippen LogP contribution in [0.1, 0.15) is 0 Å². The van der Waals surface area contributed by atoms with Crippen molar-refractivity contribution in [2.45, 2.75) is 0 Å². The lowest BCUT2D eigenvalue weighted by molar-refractivity contribution is 1.18. The van der Waals surface area contributed by atoms with Crippen LogP contribution >= 0.6 is 23.2 Å². The van der Waals surface area contributed by atoms with Crippen LogP contribution in [0.15, 0.2) is 485 Å². The van der Waals surface area contributed by atoms with Crippen molar-refractivity contribution < 1.29 is 0 Å². The summed E-state index contributed by atoms with van der Waals surface area (Å²) in [7, 11) is 0. The van der Waals surface area contributed by atoms with Crippen LogP contribution in [0.25, 0.3) is 143 Å². The maximum Gasteiger partial charge on any atom is 0.0561 e. The van der Waals surface area contributed by atoms with Gasteiger partial charge in [-0.1, -0.05) is 339 Å². The molecule has 0 spiro atoms. The fourth-order valence-corrected chi connectivity index (χ4v) is 17.3. The minimum Gasteiger partial charge on any atom is -0.356 e. The van der Waals surface area contributed by atoms with Gasteiger partial charge in [0.2, 0.25) is 0 Å². The highest BCUT2D eigenvalue weighted by atomic mass is 35.5. The maximum atomic E-state index is 6.30. The molecule has 0 fully saturated rings. The molecular weight excluding hydrogens is 1530 g/mol. The normalized spacial score (nSPS) is 11.2. The van der Waals surface area contributed by atoms with Crippen LogP contribution in [0.3, 0.4) is 0 Å². The van der Waals surface area contributed by atoms with Crippen LogP contribution in [-0.4, -0.2) is 9.13 Å². The second kappa shape index (κ2) is 34.4. The molecule has 5 nitrogen and oxygen atoms in total. The molecule has 0 radical (unpaired) electrons. The van der Waals surface area contributed by atoms with Crippen LogP contribution in [0, 0.1) is 0 Å². The standard InChI is InChI=1S/C70H49N3.C24H19N.C22H13Cl2N/c1-6-16-50(17-7-1)54-26-35-61(36-27-54)71(62-37-28-55(29-38-62)51-18-8-2-9-19-51)65-43-34-58-47-68-67-45-44-66(49-70(67)73(60-24-14-5-15-25-60)69(68)48-59(58)46-65)72(63-39-30-56(31-40-63)52-20-10-3-11-21-52)64-41-32-57(33-42-64)53-22-12-4-13-23-53;1-3-7-19(8-4-1)21-11-15-23(16-12-21)25-24-17-13-22(14-18-24)20-9-5-2-6-10-20;23-16-7-6-14-11-20-19-9-8-17(24)13-22(19)25(18-4-2-1-3-5-18)21(20)12-15(14)10-16/h1-49H;1-18,25H;1-13H. The Bertz CT molecular complexity index is 7180. The van der Waals surface area contributed by atoms with Crippen molar-refractivity contribution in [3.63, 3.8) is 0 Å². The molecule has 0 saturated carbocycles. The van der Waals surface area contributed by atoms with Gasteiger partial charge in [-0.25, -0.2) is 0 Å². The molecule has 2 aromatic heterocycles. The molecule has 0 atom stereocenters. The molecule has 0 unspecified atom stereocenters. The van der Waals surface area contributed by atoms with E-state index in [1.165, 1.54) is 99.1 Å². The molecular formula is C116H81Cl2N5. The first kappa shape index (κ1) is 76.2. The number of nitrogens with zero attached hydrogens (tertiary/aromatic N) is 4. The van der Waals surface area contributed by atoms with Crippen molar-refractivity contribution in [1.29, 1.82) is 0 Å².